The number of carboxylic acids is 1. The lowest BCUT2D eigenvalue weighted by Crippen LogP contribution is -2.10. The lowest BCUT2D eigenvalue weighted by atomic mass is 9.89. The lowest BCUT2D eigenvalue weighted by molar-refractivity contribution is -0.137. The average Bonchev–Trinajstić information content (AvgIpc) is 2.28. The Bertz CT molecular complexity index is 450. The summed E-state index contributed by atoms with van der Waals surface area (Å²) in [4.78, 5) is 10.7. The van der Waals surface area contributed by atoms with Gasteiger partial charge in [-0.05, 0) is 61.4 Å². The van der Waals surface area contributed by atoms with E-state index < -0.39 is 5.97 Å². The molecule has 0 amide bonds. The van der Waals surface area contributed by atoms with Gasteiger partial charge in [0.15, 0.2) is 0 Å². The highest BCUT2D eigenvalue weighted by Gasteiger charge is 2.15. The minimum atomic E-state index is -0.733. The van der Waals surface area contributed by atoms with Crippen LogP contribution in [0, 0.1) is 26.7 Å². The Labute approximate surface area is 109 Å². The third-order valence-corrected chi connectivity index (χ3v) is 3.50. The van der Waals surface area contributed by atoms with Crippen molar-refractivity contribution in [3.63, 3.8) is 0 Å². The van der Waals surface area contributed by atoms with Crippen LogP contribution in [0.4, 0.5) is 0 Å². The van der Waals surface area contributed by atoms with Gasteiger partial charge in [0.2, 0.25) is 0 Å². The molecule has 0 spiro atoms. The second-order valence-electron chi connectivity index (χ2n) is 5.03. The van der Waals surface area contributed by atoms with Crippen molar-refractivity contribution in [2.45, 2.75) is 40.5 Å². The maximum atomic E-state index is 10.7. The van der Waals surface area contributed by atoms with E-state index in [2.05, 4.69) is 13.8 Å². The summed E-state index contributed by atoms with van der Waals surface area (Å²) >= 11 is 0. The van der Waals surface area contributed by atoms with E-state index >= 15 is 0 Å². The number of carboxylic acid groups (broad SMARTS) is 1. The van der Waals surface area contributed by atoms with Crippen LogP contribution in [0.15, 0.2) is 6.07 Å². The van der Waals surface area contributed by atoms with Crippen LogP contribution in [0.1, 0.15) is 35.6 Å². The van der Waals surface area contributed by atoms with Gasteiger partial charge < -0.3 is 9.84 Å². The van der Waals surface area contributed by atoms with Crippen molar-refractivity contribution in [1.82, 2.24) is 0 Å². The predicted octanol–water partition coefficient (Wildman–Crippen LogP) is 3.27. The molecular formula is C15H22O3. The summed E-state index contributed by atoms with van der Waals surface area (Å²) in [5.41, 5.74) is 4.78. The van der Waals surface area contributed by atoms with E-state index in [1.165, 1.54) is 16.7 Å². The molecule has 1 N–H and O–H groups in total. The number of benzene rings is 1. The SMILES string of the molecule is COc1cc(C)c(CC(C)CC(=O)O)c(C)c1C. The number of hydrogen-bond donors (Lipinski definition) is 1. The first-order valence-electron chi connectivity index (χ1n) is 6.22. The second-order valence-corrected chi connectivity index (χ2v) is 5.03. The van der Waals surface area contributed by atoms with Crippen molar-refractivity contribution in [3.05, 3.63) is 28.3 Å². The number of ether oxygens (including phenoxy) is 1. The largest absolute Gasteiger partial charge is 0.496 e. The summed E-state index contributed by atoms with van der Waals surface area (Å²) in [6, 6.07) is 2.03. The Balaban J connectivity index is 3.03. The molecule has 0 heterocycles. The fourth-order valence-corrected chi connectivity index (χ4v) is 2.34. The van der Waals surface area contributed by atoms with Crippen LogP contribution in [-0.2, 0) is 11.2 Å². The maximum absolute atomic E-state index is 10.7. The third-order valence-electron chi connectivity index (χ3n) is 3.50. The van der Waals surface area contributed by atoms with Gasteiger partial charge in [0, 0.05) is 6.42 Å². The fourth-order valence-electron chi connectivity index (χ4n) is 2.34. The van der Waals surface area contributed by atoms with Gasteiger partial charge in [-0.1, -0.05) is 6.92 Å². The van der Waals surface area contributed by atoms with Gasteiger partial charge in [0.1, 0.15) is 5.75 Å². The molecule has 3 heteroatoms. The smallest absolute Gasteiger partial charge is 0.303 e. The first kappa shape index (κ1) is 14.6. The molecule has 0 radical (unpaired) electrons. The van der Waals surface area contributed by atoms with Gasteiger partial charge in [0.25, 0.3) is 0 Å². The standard InChI is InChI=1S/C15H22O3/c1-9(7-15(16)17)6-13-10(2)8-14(18-5)12(4)11(13)3/h8-9H,6-7H2,1-5H3,(H,16,17). The number of rotatable bonds is 5. The van der Waals surface area contributed by atoms with E-state index in [0.29, 0.717) is 0 Å². The Hall–Kier alpha value is -1.51. The number of carbonyl (C=O) groups is 1. The molecule has 1 atom stereocenters. The Kier molecular flexibility index (Phi) is 4.76. The Morgan fingerprint density at radius 3 is 2.44 bits per heavy atom. The highest BCUT2D eigenvalue weighted by atomic mass is 16.5. The van der Waals surface area contributed by atoms with E-state index in [1.807, 2.05) is 19.9 Å². The zero-order valence-corrected chi connectivity index (χ0v) is 11.8. The summed E-state index contributed by atoms with van der Waals surface area (Å²) in [5, 5.41) is 8.82. The molecule has 1 rings (SSSR count). The molecule has 0 saturated heterocycles. The third kappa shape index (κ3) is 3.25. The first-order valence-corrected chi connectivity index (χ1v) is 6.22. The van der Waals surface area contributed by atoms with Crippen molar-refractivity contribution < 1.29 is 14.6 Å². The fraction of sp³-hybridized carbons (Fsp3) is 0.533. The molecule has 0 bridgehead atoms. The van der Waals surface area contributed by atoms with Gasteiger partial charge in [-0.25, -0.2) is 0 Å². The zero-order valence-electron chi connectivity index (χ0n) is 11.8. The number of aliphatic carboxylic acids is 1. The molecule has 1 aromatic carbocycles. The molecule has 100 valence electrons. The van der Waals surface area contributed by atoms with Gasteiger partial charge in [-0.2, -0.15) is 0 Å². The van der Waals surface area contributed by atoms with Crippen LogP contribution < -0.4 is 4.74 Å². The quantitative estimate of drug-likeness (QED) is 0.872. The van der Waals surface area contributed by atoms with Gasteiger partial charge in [0.05, 0.1) is 7.11 Å². The second kappa shape index (κ2) is 5.89. The van der Waals surface area contributed by atoms with Crippen LogP contribution >= 0.6 is 0 Å². The van der Waals surface area contributed by atoms with E-state index in [0.717, 1.165) is 17.7 Å². The molecule has 18 heavy (non-hydrogen) atoms. The van der Waals surface area contributed by atoms with Gasteiger partial charge >= 0.3 is 5.97 Å². The molecule has 1 aromatic rings. The minimum absolute atomic E-state index is 0.146. The molecule has 3 nitrogen and oxygen atoms in total. The molecule has 0 saturated carbocycles. The topological polar surface area (TPSA) is 46.5 Å². The monoisotopic (exact) mass is 250 g/mol. The zero-order chi connectivity index (χ0) is 13.9. The number of hydrogen-bond acceptors (Lipinski definition) is 2. The maximum Gasteiger partial charge on any atom is 0.303 e. The van der Waals surface area contributed by atoms with Crippen LogP contribution in [0.2, 0.25) is 0 Å². The minimum Gasteiger partial charge on any atom is -0.496 e. The number of methoxy groups -OCH3 is 1. The Morgan fingerprint density at radius 2 is 1.94 bits per heavy atom. The van der Waals surface area contributed by atoms with Crippen molar-refractivity contribution in [2.24, 2.45) is 5.92 Å². The molecule has 0 aromatic heterocycles. The van der Waals surface area contributed by atoms with Crippen molar-refractivity contribution in [3.8, 4) is 5.75 Å². The van der Waals surface area contributed by atoms with E-state index in [-0.39, 0.29) is 12.3 Å². The van der Waals surface area contributed by atoms with Crippen molar-refractivity contribution in [2.75, 3.05) is 7.11 Å². The van der Waals surface area contributed by atoms with E-state index in [4.69, 9.17) is 9.84 Å². The van der Waals surface area contributed by atoms with Crippen molar-refractivity contribution >= 4 is 5.97 Å². The van der Waals surface area contributed by atoms with Crippen LogP contribution in [0.5, 0.6) is 5.75 Å². The molecule has 0 aliphatic carbocycles. The highest BCUT2D eigenvalue weighted by molar-refractivity contribution is 5.67. The molecule has 1 unspecified atom stereocenters. The summed E-state index contributed by atoms with van der Waals surface area (Å²) in [6.45, 7) is 8.15. The predicted molar refractivity (Wildman–Crippen MR) is 72.3 cm³/mol. The van der Waals surface area contributed by atoms with Gasteiger partial charge in [-0.3, -0.25) is 4.79 Å². The highest BCUT2D eigenvalue weighted by Crippen LogP contribution is 2.29. The molecular weight excluding hydrogens is 228 g/mol. The molecule has 0 aliphatic rings. The normalized spacial score (nSPS) is 12.3. The Morgan fingerprint density at radius 1 is 1.33 bits per heavy atom. The van der Waals surface area contributed by atoms with E-state index in [9.17, 15) is 4.79 Å². The lowest BCUT2D eigenvalue weighted by Gasteiger charge is -2.18. The van der Waals surface area contributed by atoms with Crippen LogP contribution in [-0.4, -0.2) is 18.2 Å². The molecule has 0 aliphatic heterocycles. The average molecular weight is 250 g/mol. The molecule has 0 fully saturated rings. The number of aryl methyl sites for hydroxylation is 1. The van der Waals surface area contributed by atoms with Gasteiger partial charge in [-0.15, -0.1) is 0 Å². The summed E-state index contributed by atoms with van der Waals surface area (Å²) in [6.07, 6.45) is 1.01. The van der Waals surface area contributed by atoms with E-state index in [1.54, 1.807) is 7.11 Å². The van der Waals surface area contributed by atoms with Crippen LogP contribution in [0.25, 0.3) is 0 Å². The summed E-state index contributed by atoms with van der Waals surface area (Å²) in [5.74, 6) is 0.315. The van der Waals surface area contributed by atoms with Crippen LogP contribution in [0.3, 0.4) is 0 Å². The first-order chi connectivity index (χ1) is 8.36. The summed E-state index contributed by atoms with van der Waals surface area (Å²) in [7, 11) is 1.67. The van der Waals surface area contributed by atoms with Crippen molar-refractivity contribution in [1.29, 1.82) is 0 Å². The summed E-state index contributed by atoms with van der Waals surface area (Å²) < 4.78 is 5.34.